The van der Waals surface area contributed by atoms with E-state index in [1.165, 1.54) is 17.8 Å². The maximum atomic E-state index is 12.4. The zero-order chi connectivity index (χ0) is 21.2. The van der Waals surface area contributed by atoms with Gasteiger partial charge in [0, 0.05) is 27.6 Å². The Bertz CT molecular complexity index is 1030. The summed E-state index contributed by atoms with van der Waals surface area (Å²) in [5.74, 6) is -1.28. The van der Waals surface area contributed by atoms with Crippen molar-refractivity contribution in [2.24, 2.45) is 5.41 Å². The normalized spacial score (nSPS) is 14.8. The van der Waals surface area contributed by atoms with Gasteiger partial charge in [-0.15, -0.1) is 11.8 Å². The molecule has 0 saturated carbocycles. The van der Waals surface area contributed by atoms with Crippen LogP contribution < -0.4 is 16.4 Å². The minimum Gasteiger partial charge on any atom is -0.325 e. The highest BCUT2D eigenvalue weighted by molar-refractivity contribution is 8.00. The summed E-state index contributed by atoms with van der Waals surface area (Å²) in [5.41, 5.74) is 4.31. The molecule has 152 valence electrons. The summed E-state index contributed by atoms with van der Waals surface area (Å²) in [6.07, 6.45) is 0.885. The summed E-state index contributed by atoms with van der Waals surface area (Å²) in [6.45, 7) is 3.90. The largest absolute Gasteiger partial charge is 0.325 e. The minimum absolute atomic E-state index is 0.0655. The number of hydrogen-bond donors (Lipinski definition) is 3. The van der Waals surface area contributed by atoms with E-state index in [0.717, 1.165) is 4.90 Å². The molecule has 0 spiro atoms. The van der Waals surface area contributed by atoms with Crippen LogP contribution in [0.3, 0.4) is 0 Å². The number of hydrogen-bond acceptors (Lipinski definition) is 5. The van der Waals surface area contributed by atoms with Crippen molar-refractivity contribution in [3.05, 3.63) is 62.5 Å². The van der Waals surface area contributed by atoms with Gasteiger partial charge in [-0.25, -0.2) is 0 Å². The molecule has 0 saturated heterocycles. The lowest BCUT2D eigenvalue weighted by Gasteiger charge is -2.29. The second kappa shape index (κ2) is 8.42. The lowest BCUT2D eigenvalue weighted by atomic mass is 9.75. The van der Waals surface area contributed by atoms with Crippen LogP contribution in [0.5, 0.6) is 0 Å². The van der Waals surface area contributed by atoms with Crippen LogP contribution in [0.4, 0.5) is 0 Å². The van der Waals surface area contributed by atoms with Crippen molar-refractivity contribution in [3.63, 3.8) is 0 Å². The van der Waals surface area contributed by atoms with Crippen molar-refractivity contribution >= 4 is 41.0 Å². The molecule has 0 atom stereocenters. The summed E-state index contributed by atoms with van der Waals surface area (Å²) in [6, 6.07) is 8.30. The van der Waals surface area contributed by atoms with Gasteiger partial charge in [-0.2, -0.15) is 0 Å². The highest BCUT2D eigenvalue weighted by atomic mass is 35.5. The first-order valence-corrected chi connectivity index (χ1v) is 10.3. The van der Waals surface area contributed by atoms with Gasteiger partial charge in [0.15, 0.2) is 5.78 Å². The van der Waals surface area contributed by atoms with Gasteiger partial charge in [0.2, 0.25) is 5.91 Å². The standard InChI is InChI=1S/C20H20ClN3O4S/c1-20(2)8-15-13(16(25)9-20)7-14(18(27)22-15)19(28)24-23-17(26)10-29-12-5-3-11(21)4-6-12/h3-7H,8-10H2,1-2H3,(H,22,27)(H,23,26)(H,24,28). The average molecular weight is 434 g/mol. The smallest absolute Gasteiger partial charge is 0.275 e. The van der Waals surface area contributed by atoms with Crippen molar-refractivity contribution in [2.45, 2.75) is 31.6 Å². The van der Waals surface area contributed by atoms with E-state index in [1.807, 2.05) is 13.8 Å². The number of aromatic amines is 1. The zero-order valence-corrected chi connectivity index (χ0v) is 17.5. The zero-order valence-electron chi connectivity index (χ0n) is 15.9. The number of fused-ring (bicyclic) bond motifs is 1. The molecule has 1 aliphatic carbocycles. The molecule has 0 bridgehead atoms. The number of rotatable bonds is 4. The van der Waals surface area contributed by atoms with Crippen LogP contribution in [0, 0.1) is 5.41 Å². The van der Waals surface area contributed by atoms with Gasteiger partial charge in [-0.1, -0.05) is 25.4 Å². The summed E-state index contributed by atoms with van der Waals surface area (Å²) in [5, 5.41) is 0.600. The predicted octanol–water partition coefficient (Wildman–Crippen LogP) is 2.74. The fourth-order valence-electron chi connectivity index (χ4n) is 3.11. The summed E-state index contributed by atoms with van der Waals surface area (Å²) < 4.78 is 0. The first-order valence-electron chi connectivity index (χ1n) is 8.91. The lowest BCUT2D eigenvalue weighted by Crippen LogP contribution is -2.44. The van der Waals surface area contributed by atoms with E-state index in [0.29, 0.717) is 29.1 Å². The van der Waals surface area contributed by atoms with E-state index >= 15 is 0 Å². The Labute approximate surface area is 176 Å². The molecule has 3 N–H and O–H groups in total. The fourth-order valence-corrected chi connectivity index (χ4v) is 3.93. The molecular formula is C20H20ClN3O4S. The Morgan fingerprint density at radius 1 is 1.14 bits per heavy atom. The molecule has 2 amide bonds. The Balaban J connectivity index is 1.61. The highest BCUT2D eigenvalue weighted by Gasteiger charge is 2.32. The molecular weight excluding hydrogens is 414 g/mol. The minimum atomic E-state index is -0.781. The Morgan fingerprint density at radius 2 is 1.83 bits per heavy atom. The fraction of sp³-hybridized carbons (Fsp3) is 0.300. The Morgan fingerprint density at radius 3 is 2.52 bits per heavy atom. The van der Waals surface area contributed by atoms with Gasteiger partial charge in [-0.3, -0.25) is 30.0 Å². The van der Waals surface area contributed by atoms with E-state index in [4.69, 9.17) is 11.6 Å². The molecule has 29 heavy (non-hydrogen) atoms. The first-order chi connectivity index (χ1) is 13.6. The Kier molecular flexibility index (Phi) is 6.14. The number of amides is 2. The maximum Gasteiger partial charge on any atom is 0.275 e. The number of ketones is 1. The monoisotopic (exact) mass is 433 g/mol. The van der Waals surface area contributed by atoms with Crippen molar-refractivity contribution in [1.82, 2.24) is 15.8 Å². The molecule has 2 aromatic rings. The molecule has 1 aromatic carbocycles. The van der Waals surface area contributed by atoms with Crippen molar-refractivity contribution < 1.29 is 14.4 Å². The number of pyridine rings is 1. The van der Waals surface area contributed by atoms with Crippen LogP contribution >= 0.6 is 23.4 Å². The SMILES string of the molecule is CC1(C)CC(=O)c2cc(C(=O)NNC(=O)CSc3ccc(Cl)cc3)c(=O)[nH]c2C1. The number of nitrogens with one attached hydrogen (secondary N) is 3. The van der Waals surface area contributed by atoms with Gasteiger partial charge in [0.05, 0.1) is 5.75 Å². The highest BCUT2D eigenvalue weighted by Crippen LogP contribution is 2.33. The number of carbonyl (C=O) groups is 3. The molecule has 1 aliphatic rings. The summed E-state index contributed by atoms with van der Waals surface area (Å²) in [4.78, 5) is 52.4. The van der Waals surface area contributed by atoms with E-state index < -0.39 is 17.4 Å². The quantitative estimate of drug-likeness (QED) is 0.507. The first kappa shape index (κ1) is 21.1. The molecule has 0 radical (unpaired) electrons. The summed E-state index contributed by atoms with van der Waals surface area (Å²) >= 11 is 7.08. The van der Waals surface area contributed by atoms with Gasteiger partial charge in [0.25, 0.3) is 11.5 Å². The molecule has 3 rings (SSSR count). The van der Waals surface area contributed by atoms with Crippen molar-refractivity contribution in [1.29, 1.82) is 0 Å². The third-order valence-corrected chi connectivity index (χ3v) is 5.73. The lowest BCUT2D eigenvalue weighted by molar-refractivity contribution is -0.119. The van der Waals surface area contributed by atoms with Crippen molar-refractivity contribution in [2.75, 3.05) is 5.75 Å². The van der Waals surface area contributed by atoms with Gasteiger partial charge in [0.1, 0.15) is 5.56 Å². The van der Waals surface area contributed by atoms with Crippen LogP contribution in [0.2, 0.25) is 5.02 Å². The Hall–Kier alpha value is -2.58. The molecule has 1 aromatic heterocycles. The second-order valence-corrected chi connectivity index (χ2v) is 9.08. The third-order valence-electron chi connectivity index (χ3n) is 4.46. The van der Waals surface area contributed by atoms with Crippen LogP contribution in [-0.2, 0) is 11.2 Å². The third kappa shape index (κ3) is 5.27. The van der Waals surface area contributed by atoms with E-state index in [2.05, 4.69) is 15.8 Å². The van der Waals surface area contributed by atoms with Crippen molar-refractivity contribution in [3.8, 4) is 0 Å². The van der Waals surface area contributed by atoms with Gasteiger partial charge >= 0.3 is 0 Å². The number of carbonyl (C=O) groups excluding carboxylic acids is 3. The number of H-pyrrole nitrogens is 1. The van der Waals surface area contributed by atoms with E-state index in [1.54, 1.807) is 24.3 Å². The molecule has 7 nitrogen and oxygen atoms in total. The molecule has 0 unspecified atom stereocenters. The number of hydrazine groups is 1. The molecule has 9 heteroatoms. The number of thioether (sulfide) groups is 1. The molecule has 0 fully saturated rings. The number of benzene rings is 1. The van der Waals surface area contributed by atoms with E-state index in [-0.39, 0.29) is 22.5 Å². The van der Waals surface area contributed by atoms with Gasteiger partial charge in [-0.05, 0) is 42.2 Å². The van der Waals surface area contributed by atoms with E-state index in [9.17, 15) is 19.2 Å². The number of halogens is 1. The molecule has 1 heterocycles. The average Bonchev–Trinajstić information content (AvgIpc) is 2.64. The second-order valence-electron chi connectivity index (χ2n) is 7.59. The maximum absolute atomic E-state index is 12.4. The van der Waals surface area contributed by atoms with Crippen LogP contribution in [0.25, 0.3) is 0 Å². The molecule has 0 aliphatic heterocycles. The number of aromatic nitrogens is 1. The number of Topliss-reactive ketones (excluding diaryl/α,β-unsaturated/α-hetero) is 1. The van der Waals surface area contributed by atoms with Crippen LogP contribution in [0.1, 0.15) is 46.7 Å². The van der Waals surface area contributed by atoms with Crippen LogP contribution in [0.15, 0.2) is 40.0 Å². The van der Waals surface area contributed by atoms with Gasteiger partial charge < -0.3 is 4.98 Å². The topological polar surface area (TPSA) is 108 Å². The van der Waals surface area contributed by atoms with Crippen LogP contribution in [-0.4, -0.2) is 28.3 Å². The predicted molar refractivity (Wildman–Crippen MR) is 111 cm³/mol. The summed E-state index contributed by atoms with van der Waals surface area (Å²) in [7, 11) is 0.